The van der Waals surface area contributed by atoms with Gasteiger partial charge in [0, 0.05) is 20.1 Å². The van der Waals surface area contributed by atoms with E-state index in [1.54, 1.807) is 7.05 Å². The highest BCUT2D eigenvalue weighted by molar-refractivity contribution is 5.85. The Balaban J connectivity index is 2.37. The summed E-state index contributed by atoms with van der Waals surface area (Å²) in [6.07, 6.45) is 1.96. The second kappa shape index (κ2) is 6.48. The molecule has 5 heteroatoms. The minimum absolute atomic E-state index is 0.0353. The number of carbonyl (C=O) groups is 2. The Morgan fingerprint density at radius 1 is 1.50 bits per heavy atom. The van der Waals surface area contributed by atoms with Crippen molar-refractivity contribution in [2.24, 2.45) is 5.92 Å². The molecule has 0 aromatic rings. The van der Waals surface area contributed by atoms with Crippen LogP contribution in [-0.2, 0) is 9.59 Å². The monoisotopic (exact) mass is 227 g/mol. The van der Waals surface area contributed by atoms with Gasteiger partial charge in [0.1, 0.15) is 0 Å². The highest BCUT2D eigenvalue weighted by atomic mass is 16.2. The Kier molecular flexibility index (Phi) is 5.25. The van der Waals surface area contributed by atoms with E-state index in [1.807, 2.05) is 6.92 Å². The van der Waals surface area contributed by atoms with Crippen LogP contribution in [-0.4, -0.2) is 49.9 Å². The molecule has 1 saturated heterocycles. The van der Waals surface area contributed by atoms with Crippen molar-refractivity contribution >= 4 is 11.8 Å². The summed E-state index contributed by atoms with van der Waals surface area (Å²) in [5.41, 5.74) is 0. The van der Waals surface area contributed by atoms with Gasteiger partial charge in [-0.1, -0.05) is 0 Å². The molecule has 0 spiro atoms. The quantitative estimate of drug-likeness (QED) is 0.686. The Hall–Kier alpha value is -1.10. The molecule has 0 aromatic heterocycles. The van der Waals surface area contributed by atoms with Crippen LogP contribution in [0.2, 0.25) is 0 Å². The normalized spacial score (nSPS) is 20.2. The number of nitrogens with one attached hydrogen (secondary N) is 2. The molecule has 1 atom stereocenters. The first-order chi connectivity index (χ1) is 7.65. The minimum atomic E-state index is -0.0953. The molecule has 0 saturated carbocycles. The first-order valence-corrected chi connectivity index (χ1v) is 5.87. The molecule has 0 aromatic carbocycles. The van der Waals surface area contributed by atoms with Crippen molar-refractivity contribution in [1.29, 1.82) is 0 Å². The van der Waals surface area contributed by atoms with E-state index in [9.17, 15) is 9.59 Å². The Bertz CT molecular complexity index is 250. The summed E-state index contributed by atoms with van der Waals surface area (Å²) in [4.78, 5) is 24.8. The molecule has 1 unspecified atom stereocenters. The smallest absolute Gasteiger partial charge is 0.239 e. The third-order valence-corrected chi connectivity index (χ3v) is 2.78. The molecule has 0 radical (unpaired) electrons. The summed E-state index contributed by atoms with van der Waals surface area (Å²) in [7, 11) is 1.69. The largest absolute Gasteiger partial charge is 0.355 e. The highest BCUT2D eigenvalue weighted by Crippen LogP contribution is 2.12. The van der Waals surface area contributed by atoms with Crippen LogP contribution in [0.15, 0.2) is 0 Å². The standard InChI is InChI=1S/C11H21N3O2/c1-3-13-10(15)8-14(2)11(16)9-5-4-6-12-7-9/h9,12H,3-8H2,1-2H3,(H,13,15). The molecule has 16 heavy (non-hydrogen) atoms. The number of carbonyl (C=O) groups excluding carboxylic acids is 2. The highest BCUT2D eigenvalue weighted by Gasteiger charge is 2.24. The molecule has 2 amide bonds. The van der Waals surface area contributed by atoms with Gasteiger partial charge < -0.3 is 15.5 Å². The van der Waals surface area contributed by atoms with Crippen LogP contribution in [0.4, 0.5) is 0 Å². The Labute approximate surface area is 96.6 Å². The number of rotatable bonds is 4. The predicted octanol–water partition coefficient (Wildman–Crippen LogP) is -0.419. The van der Waals surface area contributed by atoms with E-state index in [2.05, 4.69) is 10.6 Å². The molecule has 1 rings (SSSR count). The van der Waals surface area contributed by atoms with Gasteiger partial charge in [-0.05, 0) is 26.3 Å². The van der Waals surface area contributed by atoms with Gasteiger partial charge in [-0.3, -0.25) is 9.59 Å². The fourth-order valence-corrected chi connectivity index (χ4v) is 1.92. The van der Waals surface area contributed by atoms with Gasteiger partial charge in [-0.2, -0.15) is 0 Å². The molecule has 1 aliphatic rings. The van der Waals surface area contributed by atoms with Gasteiger partial charge in [-0.25, -0.2) is 0 Å². The third kappa shape index (κ3) is 3.81. The zero-order valence-electron chi connectivity index (χ0n) is 10.1. The molecular formula is C11H21N3O2. The summed E-state index contributed by atoms with van der Waals surface area (Å²) >= 11 is 0. The predicted molar refractivity (Wildman–Crippen MR) is 61.9 cm³/mol. The van der Waals surface area contributed by atoms with E-state index in [4.69, 9.17) is 0 Å². The second-order valence-corrected chi connectivity index (χ2v) is 4.19. The maximum Gasteiger partial charge on any atom is 0.239 e. The van der Waals surface area contributed by atoms with Gasteiger partial charge in [-0.15, -0.1) is 0 Å². The van der Waals surface area contributed by atoms with Crippen molar-refractivity contribution in [3.05, 3.63) is 0 Å². The lowest BCUT2D eigenvalue weighted by molar-refractivity contribution is -0.138. The third-order valence-electron chi connectivity index (χ3n) is 2.78. The van der Waals surface area contributed by atoms with Crippen LogP contribution in [0.5, 0.6) is 0 Å². The average Bonchev–Trinajstić information content (AvgIpc) is 2.29. The number of amides is 2. The summed E-state index contributed by atoms with van der Waals surface area (Å²) in [6, 6.07) is 0. The lowest BCUT2D eigenvalue weighted by Crippen LogP contribution is -2.45. The van der Waals surface area contributed by atoms with E-state index in [0.29, 0.717) is 6.54 Å². The minimum Gasteiger partial charge on any atom is -0.355 e. The second-order valence-electron chi connectivity index (χ2n) is 4.19. The fourth-order valence-electron chi connectivity index (χ4n) is 1.92. The van der Waals surface area contributed by atoms with Crippen LogP contribution >= 0.6 is 0 Å². The number of piperidine rings is 1. The average molecular weight is 227 g/mol. The SMILES string of the molecule is CCNC(=O)CN(C)C(=O)C1CCCNC1. The summed E-state index contributed by atoms with van der Waals surface area (Å²) < 4.78 is 0. The molecule has 0 bridgehead atoms. The van der Waals surface area contributed by atoms with Crippen molar-refractivity contribution in [2.45, 2.75) is 19.8 Å². The van der Waals surface area contributed by atoms with Crippen molar-refractivity contribution in [2.75, 3.05) is 33.2 Å². The zero-order valence-corrected chi connectivity index (χ0v) is 10.1. The topological polar surface area (TPSA) is 61.4 Å². The van der Waals surface area contributed by atoms with Crippen LogP contribution < -0.4 is 10.6 Å². The number of nitrogens with zero attached hydrogens (tertiary/aromatic N) is 1. The van der Waals surface area contributed by atoms with E-state index < -0.39 is 0 Å². The summed E-state index contributed by atoms with van der Waals surface area (Å²) in [6.45, 7) is 4.35. The lowest BCUT2D eigenvalue weighted by atomic mass is 9.98. The van der Waals surface area contributed by atoms with Crippen molar-refractivity contribution in [3.63, 3.8) is 0 Å². The number of hydrogen-bond donors (Lipinski definition) is 2. The van der Waals surface area contributed by atoms with E-state index in [-0.39, 0.29) is 24.3 Å². The maximum atomic E-state index is 11.9. The van der Waals surface area contributed by atoms with Crippen LogP contribution in [0, 0.1) is 5.92 Å². The van der Waals surface area contributed by atoms with E-state index in [0.717, 1.165) is 25.9 Å². The Morgan fingerprint density at radius 3 is 2.81 bits per heavy atom. The van der Waals surface area contributed by atoms with E-state index >= 15 is 0 Å². The van der Waals surface area contributed by atoms with Crippen molar-refractivity contribution in [1.82, 2.24) is 15.5 Å². The molecule has 5 nitrogen and oxygen atoms in total. The van der Waals surface area contributed by atoms with Crippen molar-refractivity contribution < 1.29 is 9.59 Å². The maximum absolute atomic E-state index is 11.9. The summed E-state index contributed by atoms with van der Waals surface area (Å²) in [5.74, 6) is 0.00810. The van der Waals surface area contributed by atoms with E-state index in [1.165, 1.54) is 4.90 Å². The number of likely N-dealkylation sites (N-methyl/N-ethyl adjacent to an activating group) is 2. The van der Waals surface area contributed by atoms with Gasteiger partial charge in [0.15, 0.2) is 0 Å². The summed E-state index contributed by atoms with van der Waals surface area (Å²) in [5, 5.41) is 5.89. The molecule has 92 valence electrons. The first kappa shape index (κ1) is 13.0. The molecule has 0 aliphatic carbocycles. The van der Waals surface area contributed by atoms with Crippen LogP contribution in [0.25, 0.3) is 0 Å². The number of hydrogen-bond acceptors (Lipinski definition) is 3. The van der Waals surface area contributed by atoms with Crippen LogP contribution in [0.1, 0.15) is 19.8 Å². The zero-order chi connectivity index (χ0) is 12.0. The molecular weight excluding hydrogens is 206 g/mol. The molecule has 1 aliphatic heterocycles. The first-order valence-electron chi connectivity index (χ1n) is 5.87. The van der Waals surface area contributed by atoms with Gasteiger partial charge in [0.05, 0.1) is 12.5 Å². The molecule has 1 fully saturated rings. The van der Waals surface area contributed by atoms with Gasteiger partial charge in [0.25, 0.3) is 0 Å². The van der Waals surface area contributed by atoms with Crippen molar-refractivity contribution in [3.8, 4) is 0 Å². The fraction of sp³-hybridized carbons (Fsp3) is 0.818. The Morgan fingerprint density at radius 2 is 2.25 bits per heavy atom. The van der Waals surface area contributed by atoms with Gasteiger partial charge >= 0.3 is 0 Å². The van der Waals surface area contributed by atoms with Crippen LogP contribution in [0.3, 0.4) is 0 Å². The molecule has 2 N–H and O–H groups in total. The van der Waals surface area contributed by atoms with Gasteiger partial charge in [0.2, 0.25) is 11.8 Å². The lowest BCUT2D eigenvalue weighted by Gasteiger charge is -2.26. The molecule has 1 heterocycles.